The number of furan rings is 1. The van der Waals surface area contributed by atoms with Gasteiger partial charge in [-0.3, -0.25) is 0 Å². The molecular weight excluding hydrogens is 617 g/mol. The van der Waals surface area contributed by atoms with Crippen molar-refractivity contribution >= 4 is 75.8 Å². The summed E-state index contributed by atoms with van der Waals surface area (Å²) < 4.78 is 281. The van der Waals surface area contributed by atoms with Crippen molar-refractivity contribution in [1.82, 2.24) is 0 Å². The smallest absolute Gasteiger partial charge is 0.136 e. The molecule has 1 heteroatoms. The molecule has 0 bridgehead atoms. The fraction of sp³-hybridized carbons (Fsp3) is 0. The van der Waals surface area contributed by atoms with Gasteiger partial charge in [-0.15, -0.1) is 0 Å². The molecule has 1 nitrogen and oxygen atoms in total. The van der Waals surface area contributed by atoms with Crippen LogP contribution in [-0.2, 0) is 0 Å². The first-order valence-corrected chi connectivity index (χ1v) is 15.2. The van der Waals surface area contributed by atoms with Crippen LogP contribution in [0.15, 0.2) is 186 Å². The van der Waals surface area contributed by atoms with Gasteiger partial charge in [0.1, 0.15) is 11.2 Å². The van der Waals surface area contributed by atoms with E-state index in [1.54, 1.807) is 0 Å². The fourth-order valence-corrected chi connectivity index (χ4v) is 6.67. The third-order valence-corrected chi connectivity index (χ3v) is 8.70. The predicted molar refractivity (Wildman–Crippen MR) is 218 cm³/mol. The van der Waals surface area contributed by atoms with E-state index in [1.165, 1.54) is 0 Å². The second-order valence-electron chi connectivity index (χ2n) is 11.3. The standard InChI is InChI=1S/C50H30O/c1-2-13-31(14-3-1)36-28-29-42(41-27-25-32-15-4-6-17-34(32)46(36)41)47-37-19-8-10-21-39(37)48(40-22-11-9-20-38(40)47)43-23-12-24-44-50(43)49-35-18-7-5-16-33(35)26-30-45(49)51-44/h1-30H/i1D,2D,3D,4D,5D,6D,7D,8D,9D,10D,11D,12D,13D,14D,15D,16D,17D,18D,19D,20D,21D,22D,23D,24D,25D,26D,27D,28D,29D,30D. The zero-order valence-electron chi connectivity index (χ0n) is 55.4. The Bertz CT molecular complexity index is 4820. The Morgan fingerprint density at radius 2 is 0.804 bits per heavy atom. The van der Waals surface area contributed by atoms with E-state index in [4.69, 9.17) is 31.8 Å². The van der Waals surface area contributed by atoms with Crippen LogP contribution in [-0.4, -0.2) is 0 Å². The van der Waals surface area contributed by atoms with Crippen LogP contribution in [0.25, 0.3) is 109 Å². The first kappa shape index (κ1) is 11.7. The SMILES string of the molecule is [2H]c1c([2H])c([2H])c(-c2c([2H])c([2H])c(-c3c4c([2H])c([2H])c([2H])c([2H])c4c(-c4c([2H])c([2H])c([2H])c5oc6c([2H])c([2H])c7c([2H])c([2H])c([2H])c([2H])c7c6c45)c4c([2H])c([2H])c([2H])c([2H])c34)c3c([2H])c([2H])c4c([2H])c([2H])c([2H])c([2H])c4c23)c([2H])c1[2H]. The Morgan fingerprint density at radius 1 is 0.294 bits per heavy atom. The van der Waals surface area contributed by atoms with E-state index in [1.807, 2.05) is 0 Å². The summed E-state index contributed by atoms with van der Waals surface area (Å²) in [5, 5.41) is -8.36. The monoisotopic (exact) mass is 676 g/mol. The van der Waals surface area contributed by atoms with Gasteiger partial charge in [-0.2, -0.15) is 0 Å². The average Bonchev–Trinajstić information content (AvgIpc) is 3.19. The summed E-state index contributed by atoms with van der Waals surface area (Å²) in [5.41, 5.74) is -6.17. The summed E-state index contributed by atoms with van der Waals surface area (Å²) in [6.45, 7) is 0. The maximum absolute atomic E-state index is 10.00. The van der Waals surface area contributed by atoms with Gasteiger partial charge in [0.15, 0.2) is 0 Å². The van der Waals surface area contributed by atoms with Gasteiger partial charge in [0.2, 0.25) is 0 Å². The van der Waals surface area contributed by atoms with Crippen molar-refractivity contribution in [2.45, 2.75) is 0 Å². The Morgan fingerprint density at radius 3 is 1.47 bits per heavy atom. The van der Waals surface area contributed by atoms with Gasteiger partial charge in [-0.1, -0.05) is 169 Å². The van der Waals surface area contributed by atoms with E-state index in [0.717, 1.165) is 0 Å². The Kier molecular flexibility index (Phi) is 2.50. The normalized spacial score (nSPS) is 20.2. The number of rotatable bonds is 3. The van der Waals surface area contributed by atoms with Crippen LogP contribution in [0.3, 0.4) is 0 Å². The molecule has 0 fully saturated rings. The van der Waals surface area contributed by atoms with E-state index >= 15 is 0 Å². The van der Waals surface area contributed by atoms with E-state index in [0.29, 0.717) is 0 Å². The minimum Gasteiger partial charge on any atom is -0.456 e. The summed E-state index contributed by atoms with van der Waals surface area (Å²) in [4.78, 5) is 0. The van der Waals surface area contributed by atoms with Crippen molar-refractivity contribution in [2.24, 2.45) is 0 Å². The average molecular weight is 677 g/mol. The number of fused-ring (bicyclic) bond motifs is 10. The molecule has 0 amide bonds. The van der Waals surface area contributed by atoms with Crippen molar-refractivity contribution in [3.05, 3.63) is 181 Å². The molecule has 0 N–H and O–H groups in total. The second kappa shape index (κ2) is 10.9. The highest BCUT2D eigenvalue weighted by molar-refractivity contribution is 6.30. The molecule has 11 rings (SSSR count). The van der Waals surface area contributed by atoms with Crippen molar-refractivity contribution < 1.29 is 45.5 Å². The van der Waals surface area contributed by atoms with Crippen LogP contribution in [0.2, 0.25) is 0 Å². The zero-order valence-corrected chi connectivity index (χ0v) is 25.4. The lowest BCUT2D eigenvalue weighted by molar-refractivity contribution is 0.669. The van der Waals surface area contributed by atoms with E-state index in [-0.39, 0.29) is 0 Å². The molecule has 0 aliphatic heterocycles. The van der Waals surface area contributed by atoms with Crippen molar-refractivity contribution in [1.29, 1.82) is 0 Å². The molecule has 236 valence electrons. The molecule has 0 aliphatic rings. The van der Waals surface area contributed by atoms with Gasteiger partial charge in [-0.05, 0) is 99.3 Å². The fourth-order valence-electron chi connectivity index (χ4n) is 6.67. The van der Waals surface area contributed by atoms with Crippen molar-refractivity contribution in [3.8, 4) is 33.4 Å². The highest BCUT2D eigenvalue weighted by Crippen LogP contribution is 2.49. The van der Waals surface area contributed by atoms with Crippen molar-refractivity contribution in [3.63, 3.8) is 0 Å². The molecule has 1 aromatic heterocycles. The molecule has 0 saturated carbocycles. The Hall–Kier alpha value is -6.70. The highest BCUT2D eigenvalue weighted by Gasteiger charge is 2.22. The summed E-state index contributed by atoms with van der Waals surface area (Å²) >= 11 is 0. The van der Waals surface area contributed by atoms with Gasteiger partial charge < -0.3 is 4.42 Å². The third kappa shape index (κ3) is 4.09. The van der Waals surface area contributed by atoms with Gasteiger partial charge >= 0.3 is 0 Å². The summed E-state index contributed by atoms with van der Waals surface area (Å²) in [6.07, 6.45) is 0. The van der Waals surface area contributed by atoms with Crippen LogP contribution in [0.4, 0.5) is 0 Å². The second-order valence-corrected chi connectivity index (χ2v) is 11.3. The molecule has 0 radical (unpaired) electrons. The molecule has 51 heavy (non-hydrogen) atoms. The predicted octanol–water partition coefficient (Wildman–Crippen LogP) is 14.4. The molecule has 0 saturated heterocycles. The maximum Gasteiger partial charge on any atom is 0.136 e. The van der Waals surface area contributed by atoms with E-state index in [9.17, 15) is 13.7 Å². The minimum absolute atomic E-state index is 0.489. The van der Waals surface area contributed by atoms with Gasteiger partial charge in [0.05, 0.1) is 41.1 Å². The quantitative estimate of drug-likeness (QED) is 0.134. The molecule has 0 spiro atoms. The maximum atomic E-state index is 10.00. The lowest BCUT2D eigenvalue weighted by Crippen LogP contribution is -1.93. The number of hydrogen-bond donors (Lipinski definition) is 0. The van der Waals surface area contributed by atoms with E-state index < -0.39 is 290 Å². The lowest BCUT2D eigenvalue weighted by atomic mass is 9.82. The Labute approximate surface area is 336 Å². The largest absolute Gasteiger partial charge is 0.456 e. The molecule has 1 heterocycles. The first-order chi connectivity index (χ1) is 37.8. The van der Waals surface area contributed by atoms with Crippen LogP contribution < -0.4 is 0 Å². The topological polar surface area (TPSA) is 13.1 Å². The van der Waals surface area contributed by atoms with Crippen molar-refractivity contribution in [2.75, 3.05) is 0 Å². The van der Waals surface area contributed by atoms with Gasteiger partial charge in [-0.25, -0.2) is 0 Å². The van der Waals surface area contributed by atoms with Crippen LogP contribution in [0.5, 0.6) is 0 Å². The van der Waals surface area contributed by atoms with Gasteiger partial charge in [0.25, 0.3) is 0 Å². The van der Waals surface area contributed by atoms with Crippen LogP contribution >= 0.6 is 0 Å². The van der Waals surface area contributed by atoms with Crippen LogP contribution in [0, 0.1) is 0 Å². The number of benzene rings is 10. The first-order valence-electron chi connectivity index (χ1n) is 30.2. The molecule has 11 aromatic rings. The lowest BCUT2D eigenvalue weighted by Gasteiger charge is -2.20. The molecule has 10 aromatic carbocycles. The summed E-state index contributed by atoms with van der Waals surface area (Å²) in [6, 6.07) is -29.3. The Balaban J connectivity index is 1.54. The summed E-state index contributed by atoms with van der Waals surface area (Å²) in [7, 11) is 0. The highest BCUT2D eigenvalue weighted by atomic mass is 16.3. The number of hydrogen-bond acceptors (Lipinski definition) is 1. The zero-order chi connectivity index (χ0) is 59.6. The van der Waals surface area contributed by atoms with E-state index in [2.05, 4.69) is 0 Å². The molecule has 0 unspecified atom stereocenters. The third-order valence-electron chi connectivity index (χ3n) is 8.70. The van der Waals surface area contributed by atoms with Gasteiger partial charge in [0, 0.05) is 10.8 Å². The minimum atomic E-state index is -1.15. The summed E-state index contributed by atoms with van der Waals surface area (Å²) in [5.74, 6) is 0. The van der Waals surface area contributed by atoms with Crippen LogP contribution in [0.1, 0.15) is 41.1 Å². The molecule has 0 aliphatic carbocycles. The molecular formula is C50H30O. The molecule has 0 atom stereocenters.